The van der Waals surface area contributed by atoms with Gasteiger partial charge in [-0.1, -0.05) is 0 Å². The molecule has 3 rings (SSSR count). The molecule has 6 heteroatoms. The number of carboxylic acid groups (broad SMARTS) is 1. The lowest BCUT2D eigenvalue weighted by atomic mass is 9.78. The molecule has 3 fully saturated rings. The normalized spacial score (nSPS) is 25.5. The number of carbonyl (C=O) groups excluding carboxylic acids is 1. The van der Waals surface area contributed by atoms with Crippen LogP contribution in [0.4, 0.5) is 9.59 Å². The lowest BCUT2D eigenvalue weighted by molar-refractivity contribution is 0.0915. The Labute approximate surface area is 119 Å². The van der Waals surface area contributed by atoms with E-state index in [4.69, 9.17) is 5.11 Å². The van der Waals surface area contributed by atoms with Crippen LogP contribution in [0.5, 0.6) is 0 Å². The van der Waals surface area contributed by atoms with E-state index >= 15 is 0 Å². The van der Waals surface area contributed by atoms with Crippen LogP contribution in [0.3, 0.4) is 0 Å². The summed E-state index contributed by atoms with van der Waals surface area (Å²) in [5.74, 6) is 0. The molecule has 0 aromatic rings. The minimum Gasteiger partial charge on any atom is -0.465 e. The van der Waals surface area contributed by atoms with Gasteiger partial charge in [-0.3, -0.25) is 0 Å². The summed E-state index contributed by atoms with van der Waals surface area (Å²) in [5.41, 5.74) is 0.168. The first-order chi connectivity index (χ1) is 9.60. The third kappa shape index (κ3) is 2.43. The summed E-state index contributed by atoms with van der Waals surface area (Å²) in [5, 5.41) is 9.01. The van der Waals surface area contributed by atoms with Crippen LogP contribution in [0.1, 0.15) is 32.1 Å². The van der Waals surface area contributed by atoms with E-state index in [1.807, 2.05) is 9.80 Å². The fourth-order valence-corrected chi connectivity index (χ4v) is 3.79. The van der Waals surface area contributed by atoms with E-state index in [-0.39, 0.29) is 11.4 Å². The smallest absolute Gasteiger partial charge is 0.407 e. The predicted molar refractivity (Wildman–Crippen MR) is 73.7 cm³/mol. The van der Waals surface area contributed by atoms with Crippen molar-refractivity contribution < 1.29 is 14.7 Å². The van der Waals surface area contributed by atoms with Gasteiger partial charge in [0.05, 0.1) is 0 Å². The molecule has 6 nitrogen and oxygen atoms in total. The predicted octanol–water partition coefficient (Wildman–Crippen LogP) is 1.67. The monoisotopic (exact) mass is 281 g/mol. The highest BCUT2D eigenvalue weighted by atomic mass is 16.4. The summed E-state index contributed by atoms with van der Waals surface area (Å²) in [6.45, 7) is 4.67. The maximum Gasteiger partial charge on any atom is 0.407 e. The van der Waals surface area contributed by atoms with Gasteiger partial charge in [-0.25, -0.2) is 9.59 Å². The second-order valence-electron chi connectivity index (χ2n) is 6.42. The summed E-state index contributed by atoms with van der Waals surface area (Å²) in [6.07, 6.45) is 4.24. The lowest BCUT2D eigenvalue weighted by Gasteiger charge is -2.38. The van der Waals surface area contributed by atoms with Gasteiger partial charge in [0, 0.05) is 39.3 Å². The van der Waals surface area contributed by atoms with Crippen LogP contribution in [0, 0.1) is 5.41 Å². The van der Waals surface area contributed by atoms with Gasteiger partial charge in [0.1, 0.15) is 0 Å². The fraction of sp³-hybridized carbons (Fsp3) is 0.857. The summed E-state index contributed by atoms with van der Waals surface area (Å²) >= 11 is 0. The number of rotatable bonds is 0. The molecule has 0 atom stereocenters. The molecule has 3 heterocycles. The first kappa shape index (κ1) is 13.5. The van der Waals surface area contributed by atoms with Gasteiger partial charge < -0.3 is 19.8 Å². The average molecular weight is 281 g/mol. The maximum absolute atomic E-state index is 12.4. The summed E-state index contributed by atoms with van der Waals surface area (Å²) in [6, 6.07) is 0.194. The summed E-state index contributed by atoms with van der Waals surface area (Å²) in [4.78, 5) is 28.8. The van der Waals surface area contributed by atoms with Gasteiger partial charge in [-0.2, -0.15) is 0 Å². The molecule has 112 valence electrons. The maximum atomic E-state index is 12.4. The third-order valence-corrected chi connectivity index (χ3v) is 5.18. The lowest BCUT2D eigenvalue weighted by Crippen LogP contribution is -2.45. The van der Waals surface area contributed by atoms with Crippen LogP contribution < -0.4 is 0 Å². The van der Waals surface area contributed by atoms with E-state index in [0.717, 1.165) is 58.3 Å². The molecule has 3 saturated heterocycles. The number of urea groups is 1. The van der Waals surface area contributed by atoms with Crippen LogP contribution in [0.2, 0.25) is 0 Å². The van der Waals surface area contributed by atoms with Crippen molar-refractivity contribution in [2.75, 3.05) is 39.3 Å². The van der Waals surface area contributed by atoms with E-state index < -0.39 is 6.09 Å². The van der Waals surface area contributed by atoms with Gasteiger partial charge in [0.2, 0.25) is 0 Å². The SMILES string of the molecule is O=C(O)N1CCC2(CC1)CCN(C(=O)N1CCCC1)C2. The Hall–Kier alpha value is -1.46. The van der Waals surface area contributed by atoms with Crippen LogP contribution >= 0.6 is 0 Å². The number of hydrogen-bond donors (Lipinski definition) is 1. The number of amides is 3. The molecule has 0 unspecified atom stereocenters. The van der Waals surface area contributed by atoms with Gasteiger partial charge in [-0.15, -0.1) is 0 Å². The average Bonchev–Trinajstić information content (AvgIpc) is 3.09. The van der Waals surface area contributed by atoms with Gasteiger partial charge in [0.15, 0.2) is 0 Å². The Kier molecular flexibility index (Phi) is 3.48. The minimum absolute atomic E-state index is 0.168. The Bertz CT molecular complexity index is 398. The Morgan fingerprint density at radius 1 is 0.800 bits per heavy atom. The molecule has 0 saturated carbocycles. The molecule has 3 amide bonds. The summed E-state index contributed by atoms with van der Waals surface area (Å²) < 4.78 is 0. The highest BCUT2D eigenvalue weighted by molar-refractivity contribution is 5.75. The van der Waals surface area contributed by atoms with E-state index in [0.29, 0.717) is 13.1 Å². The van der Waals surface area contributed by atoms with E-state index in [9.17, 15) is 9.59 Å². The summed E-state index contributed by atoms with van der Waals surface area (Å²) in [7, 11) is 0. The van der Waals surface area contributed by atoms with Crippen molar-refractivity contribution >= 4 is 12.1 Å². The molecule has 0 aromatic heterocycles. The molecule has 0 aliphatic carbocycles. The molecule has 3 aliphatic heterocycles. The third-order valence-electron chi connectivity index (χ3n) is 5.18. The minimum atomic E-state index is -0.817. The molecule has 1 N–H and O–H groups in total. The standard InChI is InChI=1S/C14H23N3O3/c18-12(15-6-1-2-7-15)17-10-5-14(11-17)3-8-16(9-4-14)13(19)20/h1-11H2,(H,19,20). The molecule has 20 heavy (non-hydrogen) atoms. The number of hydrogen-bond acceptors (Lipinski definition) is 2. The van der Waals surface area contributed by atoms with E-state index in [1.54, 1.807) is 0 Å². The van der Waals surface area contributed by atoms with Crippen LogP contribution in [0.15, 0.2) is 0 Å². The Balaban J connectivity index is 1.56. The van der Waals surface area contributed by atoms with Crippen molar-refractivity contribution in [1.29, 1.82) is 0 Å². The molecule has 0 aromatic carbocycles. The number of likely N-dealkylation sites (tertiary alicyclic amines) is 3. The van der Waals surface area contributed by atoms with Gasteiger partial charge in [-0.05, 0) is 37.5 Å². The van der Waals surface area contributed by atoms with Crippen molar-refractivity contribution in [3.05, 3.63) is 0 Å². The zero-order chi connectivity index (χ0) is 14.2. The molecule has 1 spiro atoms. The zero-order valence-electron chi connectivity index (χ0n) is 11.9. The fourth-order valence-electron chi connectivity index (χ4n) is 3.79. The molecule has 0 bridgehead atoms. The van der Waals surface area contributed by atoms with Gasteiger partial charge in [0.25, 0.3) is 0 Å². The molecular formula is C14H23N3O3. The zero-order valence-corrected chi connectivity index (χ0v) is 11.9. The topological polar surface area (TPSA) is 64.1 Å². The van der Waals surface area contributed by atoms with Crippen molar-refractivity contribution in [3.8, 4) is 0 Å². The first-order valence-electron chi connectivity index (χ1n) is 7.61. The Morgan fingerprint density at radius 2 is 1.35 bits per heavy atom. The van der Waals surface area contributed by atoms with Gasteiger partial charge >= 0.3 is 12.1 Å². The van der Waals surface area contributed by atoms with Crippen LogP contribution in [-0.2, 0) is 0 Å². The highest BCUT2D eigenvalue weighted by Crippen LogP contribution is 2.40. The van der Waals surface area contributed by atoms with Crippen molar-refractivity contribution in [2.24, 2.45) is 5.41 Å². The molecular weight excluding hydrogens is 258 g/mol. The first-order valence-corrected chi connectivity index (χ1v) is 7.61. The van der Waals surface area contributed by atoms with Crippen molar-refractivity contribution in [3.63, 3.8) is 0 Å². The van der Waals surface area contributed by atoms with Crippen LogP contribution in [-0.4, -0.2) is 71.2 Å². The highest BCUT2D eigenvalue weighted by Gasteiger charge is 2.43. The largest absolute Gasteiger partial charge is 0.465 e. The quantitative estimate of drug-likeness (QED) is 0.734. The van der Waals surface area contributed by atoms with Crippen molar-refractivity contribution in [2.45, 2.75) is 32.1 Å². The van der Waals surface area contributed by atoms with Crippen LogP contribution in [0.25, 0.3) is 0 Å². The van der Waals surface area contributed by atoms with E-state index in [1.165, 1.54) is 4.90 Å². The number of piperidine rings is 1. The van der Waals surface area contributed by atoms with E-state index in [2.05, 4.69) is 0 Å². The number of nitrogens with zero attached hydrogens (tertiary/aromatic N) is 3. The second kappa shape index (κ2) is 5.14. The Morgan fingerprint density at radius 3 is 1.90 bits per heavy atom. The molecule has 0 radical (unpaired) electrons. The van der Waals surface area contributed by atoms with Crippen molar-refractivity contribution in [1.82, 2.24) is 14.7 Å². The molecule has 3 aliphatic rings. The second-order valence-corrected chi connectivity index (χ2v) is 6.42. The number of carbonyl (C=O) groups is 2.